The molecule has 0 bridgehead atoms. The Morgan fingerprint density at radius 1 is 1.00 bits per heavy atom. The summed E-state index contributed by atoms with van der Waals surface area (Å²) in [6.07, 6.45) is 4.94. The number of carbonyl (C=O) groups is 1. The molecule has 0 atom stereocenters. The fraction of sp³-hybridized carbons (Fsp3) is 0.409. The molecule has 3 rings (SSSR count). The van der Waals surface area contributed by atoms with E-state index < -0.39 is 10.0 Å². The van der Waals surface area contributed by atoms with Crippen LogP contribution in [0.2, 0.25) is 5.02 Å². The van der Waals surface area contributed by atoms with Crippen LogP contribution >= 0.6 is 11.6 Å². The molecule has 8 heteroatoms. The van der Waals surface area contributed by atoms with E-state index in [2.05, 4.69) is 22.3 Å². The SMILES string of the molecule is CS(=O)(=O)N(CC(=O)NCc1ccc(CN2CCCCC2)cc1)c1ccc(Cl)cc1. The molecule has 0 radical (unpaired) electrons. The lowest BCUT2D eigenvalue weighted by Crippen LogP contribution is -2.40. The Hall–Kier alpha value is -2.09. The fourth-order valence-electron chi connectivity index (χ4n) is 3.53. The van der Waals surface area contributed by atoms with Crippen molar-refractivity contribution in [2.24, 2.45) is 0 Å². The van der Waals surface area contributed by atoms with Crippen LogP contribution in [0.25, 0.3) is 0 Å². The largest absolute Gasteiger partial charge is 0.350 e. The van der Waals surface area contributed by atoms with Crippen molar-refractivity contribution in [3.63, 3.8) is 0 Å². The van der Waals surface area contributed by atoms with Crippen LogP contribution in [0.15, 0.2) is 48.5 Å². The third-order valence-corrected chi connectivity index (χ3v) is 6.56. The lowest BCUT2D eigenvalue weighted by Gasteiger charge is -2.26. The van der Waals surface area contributed by atoms with E-state index in [0.29, 0.717) is 17.3 Å². The molecule has 1 heterocycles. The molecule has 0 unspecified atom stereocenters. The minimum absolute atomic E-state index is 0.284. The van der Waals surface area contributed by atoms with Crippen molar-refractivity contribution in [2.75, 3.05) is 30.2 Å². The molecule has 1 aliphatic rings. The molecule has 0 aromatic heterocycles. The highest BCUT2D eigenvalue weighted by Crippen LogP contribution is 2.20. The van der Waals surface area contributed by atoms with Crippen molar-refractivity contribution in [3.8, 4) is 0 Å². The van der Waals surface area contributed by atoms with Crippen molar-refractivity contribution < 1.29 is 13.2 Å². The number of nitrogens with zero attached hydrogens (tertiary/aromatic N) is 2. The highest BCUT2D eigenvalue weighted by Gasteiger charge is 2.20. The third-order valence-electron chi connectivity index (χ3n) is 5.17. The molecular formula is C22H28ClN3O3S. The van der Waals surface area contributed by atoms with Gasteiger partial charge in [0.1, 0.15) is 6.54 Å². The summed E-state index contributed by atoms with van der Waals surface area (Å²) >= 11 is 5.87. The molecule has 1 saturated heterocycles. The number of halogens is 1. The number of benzene rings is 2. The van der Waals surface area contributed by atoms with Gasteiger partial charge < -0.3 is 5.32 Å². The summed E-state index contributed by atoms with van der Waals surface area (Å²) < 4.78 is 25.3. The molecule has 1 fully saturated rings. The van der Waals surface area contributed by atoms with Crippen molar-refractivity contribution >= 4 is 33.2 Å². The smallest absolute Gasteiger partial charge is 0.241 e. The Morgan fingerprint density at radius 2 is 1.60 bits per heavy atom. The number of hydrogen-bond acceptors (Lipinski definition) is 4. The summed E-state index contributed by atoms with van der Waals surface area (Å²) in [5.74, 6) is -0.368. The average Bonchev–Trinajstić information content (AvgIpc) is 2.72. The van der Waals surface area contributed by atoms with Gasteiger partial charge in [0.2, 0.25) is 15.9 Å². The van der Waals surface area contributed by atoms with Crippen LogP contribution in [-0.4, -0.2) is 45.1 Å². The Morgan fingerprint density at radius 3 is 2.20 bits per heavy atom. The zero-order valence-electron chi connectivity index (χ0n) is 17.2. The normalized spacial score (nSPS) is 15.0. The van der Waals surface area contributed by atoms with Gasteiger partial charge in [0, 0.05) is 18.1 Å². The molecule has 2 aromatic rings. The van der Waals surface area contributed by atoms with Gasteiger partial charge in [-0.05, 0) is 61.3 Å². The van der Waals surface area contributed by atoms with Crippen LogP contribution in [0, 0.1) is 0 Å². The molecule has 6 nitrogen and oxygen atoms in total. The van der Waals surface area contributed by atoms with Gasteiger partial charge in [0.05, 0.1) is 11.9 Å². The van der Waals surface area contributed by atoms with Gasteiger partial charge in [-0.1, -0.05) is 42.3 Å². The Labute approximate surface area is 183 Å². The second-order valence-corrected chi connectivity index (χ2v) is 10.0. The third kappa shape index (κ3) is 6.72. The van der Waals surface area contributed by atoms with E-state index >= 15 is 0 Å². The summed E-state index contributed by atoms with van der Waals surface area (Å²) in [6, 6.07) is 14.5. The molecule has 1 N–H and O–H groups in total. The van der Waals surface area contributed by atoms with Crippen LogP contribution in [0.1, 0.15) is 30.4 Å². The maximum absolute atomic E-state index is 12.4. The molecule has 0 spiro atoms. The highest BCUT2D eigenvalue weighted by atomic mass is 35.5. The van der Waals surface area contributed by atoms with E-state index in [0.717, 1.165) is 35.8 Å². The number of carbonyl (C=O) groups excluding carboxylic acids is 1. The number of amides is 1. The Balaban J connectivity index is 1.54. The van der Waals surface area contributed by atoms with E-state index in [1.807, 2.05) is 12.1 Å². The molecule has 1 amide bonds. The summed E-state index contributed by atoms with van der Waals surface area (Å²) in [4.78, 5) is 14.9. The first-order valence-corrected chi connectivity index (χ1v) is 12.3. The van der Waals surface area contributed by atoms with Crippen molar-refractivity contribution in [3.05, 3.63) is 64.7 Å². The summed E-state index contributed by atoms with van der Waals surface area (Å²) in [7, 11) is -3.60. The molecule has 30 heavy (non-hydrogen) atoms. The van der Waals surface area contributed by atoms with E-state index in [-0.39, 0.29) is 12.5 Å². The van der Waals surface area contributed by atoms with Crippen LogP contribution < -0.4 is 9.62 Å². The van der Waals surface area contributed by atoms with Gasteiger partial charge in [-0.25, -0.2) is 8.42 Å². The standard InChI is InChI=1S/C22H28ClN3O3S/c1-30(28,29)26(21-11-9-20(23)10-12-21)17-22(27)24-15-18-5-7-19(8-6-18)16-25-13-3-2-4-14-25/h5-12H,2-4,13-17H2,1H3,(H,24,27). The minimum Gasteiger partial charge on any atom is -0.350 e. The average molecular weight is 450 g/mol. The van der Waals surface area contributed by atoms with Crippen LogP contribution in [0.5, 0.6) is 0 Å². The van der Waals surface area contributed by atoms with Crippen molar-refractivity contribution in [1.82, 2.24) is 10.2 Å². The number of hydrogen-bond donors (Lipinski definition) is 1. The second-order valence-electron chi connectivity index (χ2n) is 7.68. The molecule has 0 aliphatic carbocycles. The number of piperidine rings is 1. The van der Waals surface area contributed by atoms with Crippen molar-refractivity contribution in [1.29, 1.82) is 0 Å². The molecule has 162 valence electrons. The van der Waals surface area contributed by atoms with Gasteiger partial charge in [0.25, 0.3) is 0 Å². The maximum Gasteiger partial charge on any atom is 0.241 e. The van der Waals surface area contributed by atoms with Crippen LogP contribution in [0.4, 0.5) is 5.69 Å². The number of likely N-dealkylation sites (tertiary alicyclic amines) is 1. The summed E-state index contributed by atoms with van der Waals surface area (Å²) in [6.45, 7) is 3.33. The maximum atomic E-state index is 12.4. The fourth-order valence-corrected chi connectivity index (χ4v) is 4.52. The zero-order chi connectivity index (χ0) is 21.6. The second kappa shape index (κ2) is 10.3. The number of rotatable bonds is 8. The number of nitrogens with one attached hydrogen (secondary N) is 1. The lowest BCUT2D eigenvalue weighted by atomic mass is 10.1. The van der Waals surface area contributed by atoms with Gasteiger partial charge in [-0.2, -0.15) is 0 Å². The first-order valence-electron chi connectivity index (χ1n) is 10.1. The Bertz CT molecular complexity index is 941. The van der Waals surface area contributed by atoms with E-state index in [1.54, 1.807) is 24.3 Å². The topological polar surface area (TPSA) is 69.7 Å². The van der Waals surface area contributed by atoms with Crippen LogP contribution in [-0.2, 0) is 27.9 Å². The first kappa shape index (κ1) is 22.6. The Kier molecular flexibility index (Phi) is 7.75. The molecule has 1 aliphatic heterocycles. The van der Waals surface area contributed by atoms with Gasteiger partial charge in [0.15, 0.2) is 0 Å². The van der Waals surface area contributed by atoms with E-state index in [4.69, 9.17) is 11.6 Å². The molecular weight excluding hydrogens is 422 g/mol. The predicted molar refractivity (Wildman–Crippen MR) is 121 cm³/mol. The quantitative estimate of drug-likeness (QED) is 0.670. The van der Waals surface area contributed by atoms with Gasteiger partial charge in [-0.15, -0.1) is 0 Å². The van der Waals surface area contributed by atoms with Gasteiger partial charge >= 0.3 is 0 Å². The summed E-state index contributed by atoms with van der Waals surface area (Å²) in [5.41, 5.74) is 2.64. The van der Waals surface area contributed by atoms with Crippen molar-refractivity contribution in [2.45, 2.75) is 32.4 Å². The lowest BCUT2D eigenvalue weighted by molar-refractivity contribution is -0.119. The number of sulfonamides is 1. The molecule has 2 aromatic carbocycles. The summed E-state index contributed by atoms with van der Waals surface area (Å²) in [5, 5.41) is 3.30. The van der Waals surface area contributed by atoms with Gasteiger partial charge in [-0.3, -0.25) is 14.0 Å². The zero-order valence-corrected chi connectivity index (χ0v) is 18.8. The predicted octanol–water partition coefficient (Wildman–Crippen LogP) is 3.41. The van der Waals surface area contributed by atoms with E-state index in [9.17, 15) is 13.2 Å². The minimum atomic E-state index is -3.60. The van der Waals surface area contributed by atoms with E-state index in [1.165, 1.54) is 24.8 Å². The monoisotopic (exact) mass is 449 g/mol. The highest BCUT2D eigenvalue weighted by molar-refractivity contribution is 7.92. The number of anilines is 1. The van der Waals surface area contributed by atoms with Crippen LogP contribution in [0.3, 0.4) is 0 Å². The first-order chi connectivity index (χ1) is 14.3. The molecule has 0 saturated carbocycles.